The molecule has 0 radical (unpaired) electrons. The summed E-state index contributed by atoms with van der Waals surface area (Å²) in [7, 11) is 0. The number of nitrogens with two attached hydrogens (primary N) is 1. The predicted octanol–water partition coefficient (Wildman–Crippen LogP) is 5.37. The lowest BCUT2D eigenvalue weighted by atomic mass is 9.92. The number of thiocarbonyl (C=S) groups is 1. The smallest absolute Gasteiger partial charge is 0.419 e. The van der Waals surface area contributed by atoms with Gasteiger partial charge in [0.15, 0.2) is 10.8 Å². The Morgan fingerprint density at radius 3 is 2.42 bits per heavy atom. The molecule has 1 aromatic heterocycles. The van der Waals surface area contributed by atoms with Gasteiger partial charge >= 0.3 is 6.18 Å². The summed E-state index contributed by atoms with van der Waals surface area (Å²) in [5.74, 6) is 0.479. The molecule has 9 nitrogen and oxygen atoms in total. The van der Waals surface area contributed by atoms with Gasteiger partial charge in [0.1, 0.15) is 22.9 Å². The number of benzene rings is 1. The third-order valence-corrected chi connectivity index (χ3v) is 9.44. The zero-order chi connectivity index (χ0) is 32.0. The van der Waals surface area contributed by atoms with E-state index in [1.807, 2.05) is 19.1 Å². The van der Waals surface area contributed by atoms with Crippen LogP contribution in [0, 0.1) is 17.2 Å². The average molecular weight is 665 g/mol. The second-order valence-electron chi connectivity index (χ2n) is 12.1. The van der Waals surface area contributed by atoms with Crippen molar-refractivity contribution >= 4 is 52.9 Å². The molecule has 2 saturated heterocycles. The van der Waals surface area contributed by atoms with E-state index < -0.39 is 34.4 Å². The van der Waals surface area contributed by atoms with Crippen molar-refractivity contribution in [1.82, 2.24) is 9.88 Å². The van der Waals surface area contributed by atoms with Gasteiger partial charge in [0, 0.05) is 5.69 Å². The number of carbonyl (C=O) groups is 2. The van der Waals surface area contributed by atoms with Gasteiger partial charge in [-0.3, -0.25) is 19.4 Å². The SMILES string of the molecule is CCc1cc(N2C(=S)N(c3cnc(C#N)c(C(F)(F)F)c3)C(=O)C2(C)C)ccc1OCCC1CCN(C2(C(N)=O)CC2)CC1.Cl. The quantitative estimate of drug-likeness (QED) is 0.356. The van der Waals surface area contributed by atoms with Crippen LogP contribution >= 0.6 is 24.6 Å². The van der Waals surface area contributed by atoms with Gasteiger partial charge < -0.3 is 15.4 Å². The van der Waals surface area contributed by atoms with Crippen LogP contribution in [-0.4, -0.2) is 57.6 Å². The van der Waals surface area contributed by atoms with Crippen molar-refractivity contribution in [3.8, 4) is 11.8 Å². The molecule has 0 atom stereocenters. The summed E-state index contributed by atoms with van der Waals surface area (Å²) in [5, 5.41) is 9.12. The van der Waals surface area contributed by atoms with Crippen molar-refractivity contribution in [2.75, 3.05) is 29.5 Å². The minimum absolute atomic E-state index is 0. The molecular formula is C31H36ClF3N6O3S. The minimum atomic E-state index is -4.83. The number of rotatable bonds is 9. The molecule has 45 heavy (non-hydrogen) atoms. The van der Waals surface area contributed by atoms with Gasteiger partial charge in [0.2, 0.25) is 5.91 Å². The van der Waals surface area contributed by atoms with Gasteiger partial charge in [-0.25, -0.2) is 4.98 Å². The van der Waals surface area contributed by atoms with Crippen molar-refractivity contribution in [3.63, 3.8) is 0 Å². The largest absolute Gasteiger partial charge is 0.493 e. The van der Waals surface area contributed by atoms with Gasteiger partial charge in [-0.05, 0) is 113 Å². The number of anilines is 2. The number of likely N-dealkylation sites (tertiary alicyclic amines) is 1. The molecule has 1 aliphatic carbocycles. The summed E-state index contributed by atoms with van der Waals surface area (Å²) in [6.07, 6.45) is 1.43. The summed E-state index contributed by atoms with van der Waals surface area (Å²) >= 11 is 5.65. The first-order valence-electron chi connectivity index (χ1n) is 14.7. The van der Waals surface area contributed by atoms with E-state index in [9.17, 15) is 22.8 Å². The fourth-order valence-electron chi connectivity index (χ4n) is 6.28. The van der Waals surface area contributed by atoms with E-state index in [0.29, 0.717) is 24.6 Å². The Bertz CT molecular complexity index is 1530. The molecule has 3 fully saturated rings. The van der Waals surface area contributed by atoms with Crippen molar-refractivity contribution in [3.05, 3.63) is 47.3 Å². The number of aromatic nitrogens is 1. The Morgan fingerprint density at radius 2 is 1.87 bits per heavy atom. The second kappa shape index (κ2) is 12.7. The molecule has 3 aliphatic rings. The van der Waals surface area contributed by atoms with Crippen LogP contribution < -0.4 is 20.3 Å². The van der Waals surface area contributed by atoms with Crippen LogP contribution in [0.2, 0.25) is 0 Å². The van der Waals surface area contributed by atoms with Crippen LogP contribution in [-0.2, 0) is 22.2 Å². The van der Waals surface area contributed by atoms with Crippen LogP contribution in [0.3, 0.4) is 0 Å². The number of nitrogens with zero attached hydrogens (tertiary/aromatic N) is 5. The zero-order valence-electron chi connectivity index (χ0n) is 25.3. The normalized spacial score (nSPS) is 19.7. The Kier molecular flexibility index (Phi) is 9.73. The Labute approximate surface area is 271 Å². The number of hydrogen-bond acceptors (Lipinski definition) is 7. The maximum absolute atomic E-state index is 13.6. The lowest BCUT2D eigenvalue weighted by Gasteiger charge is -2.36. The monoisotopic (exact) mass is 664 g/mol. The molecule has 14 heteroatoms. The Morgan fingerprint density at radius 1 is 1.20 bits per heavy atom. The molecule has 1 saturated carbocycles. The highest BCUT2D eigenvalue weighted by Gasteiger charge is 2.54. The molecular weight excluding hydrogens is 629 g/mol. The molecule has 0 spiro atoms. The number of hydrogen-bond donors (Lipinski definition) is 1. The fourth-order valence-corrected chi connectivity index (χ4v) is 6.80. The lowest BCUT2D eigenvalue weighted by molar-refractivity contribution is -0.138. The first kappa shape index (κ1) is 34.4. The summed E-state index contributed by atoms with van der Waals surface area (Å²) in [6, 6.07) is 7.68. The van der Waals surface area contributed by atoms with Gasteiger partial charge in [-0.2, -0.15) is 18.4 Å². The number of piperidine rings is 1. The minimum Gasteiger partial charge on any atom is -0.493 e. The summed E-state index contributed by atoms with van der Waals surface area (Å²) < 4.78 is 47.1. The van der Waals surface area contributed by atoms with Crippen molar-refractivity contribution in [2.24, 2.45) is 11.7 Å². The van der Waals surface area contributed by atoms with Gasteiger partial charge in [0.25, 0.3) is 5.91 Å². The van der Waals surface area contributed by atoms with Gasteiger partial charge in [-0.1, -0.05) is 6.92 Å². The highest BCUT2D eigenvalue weighted by molar-refractivity contribution is 7.81. The summed E-state index contributed by atoms with van der Waals surface area (Å²) in [4.78, 5) is 33.9. The maximum Gasteiger partial charge on any atom is 0.419 e. The highest BCUT2D eigenvalue weighted by atomic mass is 35.5. The van der Waals surface area contributed by atoms with Crippen LogP contribution in [0.4, 0.5) is 24.5 Å². The molecule has 2 N–H and O–H groups in total. The molecule has 2 aliphatic heterocycles. The zero-order valence-corrected chi connectivity index (χ0v) is 26.9. The van der Waals surface area contributed by atoms with Gasteiger partial charge in [0.05, 0.1) is 24.1 Å². The summed E-state index contributed by atoms with van der Waals surface area (Å²) in [6.45, 7) is 7.54. The first-order valence-corrected chi connectivity index (χ1v) is 15.1. The number of halogens is 4. The molecule has 0 bridgehead atoms. The Hall–Kier alpha value is -3.47. The van der Waals surface area contributed by atoms with E-state index in [0.717, 1.165) is 73.7 Å². The maximum atomic E-state index is 13.6. The van der Waals surface area contributed by atoms with Crippen molar-refractivity contribution in [2.45, 2.75) is 76.6 Å². The lowest BCUT2D eigenvalue weighted by Crippen LogP contribution is -2.50. The van der Waals surface area contributed by atoms with Crippen molar-refractivity contribution in [1.29, 1.82) is 5.26 Å². The number of aryl methyl sites for hydroxylation is 1. The van der Waals surface area contributed by atoms with Crippen LogP contribution in [0.5, 0.6) is 5.75 Å². The van der Waals surface area contributed by atoms with E-state index in [1.54, 1.807) is 24.8 Å². The van der Waals surface area contributed by atoms with E-state index in [1.165, 1.54) is 6.07 Å². The topological polar surface area (TPSA) is 116 Å². The fraction of sp³-hybridized carbons (Fsp3) is 0.516. The molecule has 3 heterocycles. The number of carbonyl (C=O) groups excluding carboxylic acids is 2. The molecule has 0 unspecified atom stereocenters. The van der Waals surface area contributed by atoms with Crippen LogP contribution in [0.25, 0.3) is 0 Å². The van der Waals surface area contributed by atoms with E-state index in [4.69, 9.17) is 28.0 Å². The van der Waals surface area contributed by atoms with Crippen LogP contribution in [0.15, 0.2) is 30.5 Å². The third-order valence-electron chi connectivity index (χ3n) is 9.08. The number of ether oxygens (including phenoxy) is 1. The number of nitriles is 1. The summed E-state index contributed by atoms with van der Waals surface area (Å²) in [5.41, 5.74) is 3.34. The number of primary amides is 1. The Balaban J connectivity index is 0.00000461. The number of alkyl halides is 3. The highest BCUT2D eigenvalue weighted by Crippen LogP contribution is 2.44. The molecule has 2 amide bonds. The molecule has 242 valence electrons. The standard InChI is InChI=1S/C31H35F3N6O3S.ClH/c1-4-20-15-21(5-6-25(20)43-14-9-19-7-12-38(13-8-19)30(10-11-30)26(36)41)40-28(44)39(27(42)29(40,2)3)22-16-23(31(32,33)34)24(17-35)37-18-22;/h5-6,15-16,18-19H,4,7-14H2,1-3H3,(H2,36,41);1H. The molecule has 2 aromatic rings. The predicted molar refractivity (Wildman–Crippen MR) is 169 cm³/mol. The van der Waals surface area contributed by atoms with E-state index >= 15 is 0 Å². The van der Waals surface area contributed by atoms with Crippen LogP contribution in [0.1, 0.15) is 69.7 Å². The second-order valence-corrected chi connectivity index (χ2v) is 12.5. The number of pyridine rings is 1. The van der Waals surface area contributed by atoms with E-state index in [2.05, 4.69) is 9.88 Å². The van der Waals surface area contributed by atoms with E-state index in [-0.39, 0.29) is 29.1 Å². The van der Waals surface area contributed by atoms with Crippen molar-refractivity contribution < 1.29 is 27.5 Å². The first-order chi connectivity index (χ1) is 20.7. The third kappa shape index (κ3) is 6.33. The van der Waals surface area contributed by atoms with Gasteiger partial charge in [-0.15, -0.1) is 12.4 Å². The molecule has 5 rings (SSSR count). The number of amides is 2. The molecule has 1 aromatic carbocycles. The average Bonchev–Trinajstić information content (AvgIpc) is 3.77.